The van der Waals surface area contributed by atoms with Crippen molar-refractivity contribution in [3.8, 4) is 11.5 Å². The van der Waals surface area contributed by atoms with Gasteiger partial charge in [0, 0.05) is 12.1 Å². The van der Waals surface area contributed by atoms with Crippen molar-refractivity contribution in [3.63, 3.8) is 0 Å². The average Bonchev–Trinajstić information content (AvgIpc) is 2.50. The quantitative estimate of drug-likeness (QED) is 0.331. The van der Waals surface area contributed by atoms with Gasteiger partial charge in [-0.05, 0) is 43.5 Å². The molecule has 0 heterocycles. The second-order valence-electron chi connectivity index (χ2n) is 5.76. The van der Waals surface area contributed by atoms with Crippen LogP contribution in [0.1, 0.15) is 16.7 Å². The fraction of sp³-hybridized carbons (Fsp3) is 0.176. The fourth-order valence-electron chi connectivity index (χ4n) is 2.32. The van der Waals surface area contributed by atoms with Gasteiger partial charge in [-0.25, -0.2) is 4.99 Å². The van der Waals surface area contributed by atoms with Crippen LogP contribution in [-0.4, -0.2) is 16.8 Å². The van der Waals surface area contributed by atoms with Gasteiger partial charge >= 0.3 is 0 Å². The molecule has 0 spiro atoms. The molecule has 0 atom stereocenters. The summed E-state index contributed by atoms with van der Waals surface area (Å²) in [6.07, 6.45) is 0. The van der Waals surface area contributed by atoms with E-state index in [4.69, 9.17) is 21.9 Å². The van der Waals surface area contributed by atoms with Crippen LogP contribution in [0.2, 0.25) is 0 Å². The molecule has 0 fully saturated rings. The van der Waals surface area contributed by atoms with Gasteiger partial charge in [0.05, 0.1) is 16.7 Å². The molecule has 0 aliphatic carbocycles. The Morgan fingerprint density at radius 2 is 1.77 bits per heavy atom. The summed E-state index contributed by atoms with van der Waals surface area (Å²) in [5, 5.41) is 11.2. The van der Waals surface area contributed by atoms with Crippen LogP contribution in [0.3, 0.4) is 0 Å². The first kappa shape index (κ1) is 18.7. The summed E-state index contributed by atoms with van der Waals surface area (Å²) in [5.41, 5.74) is 19.1. The third-order valence-electron chi connectivity index (χ3n) is 3.57. The van der Waals surface area contributed by atoms with E-state index in [9.17, 15) is 10.1 Å². The van der Waals surface area contributed by atoms with Crippen molar-refractivity contribution in [2.24, 2.45) is 27.2 Å². The molecule has 6 N–H and O–H groups in total. The predicted molar refractivity (Wildman–Crippen MR) is 101 cm³/mol. The molecule has 0 radical (unpaired) electrons. The van der Waals surface area contributed by atoms with Gasteiger partial charge in [0.15, 0.2) is 5.96 Å². The summed E-state index contributed by atoms with van der Waals surface area (Å²) in [6, 6.07) is 7.96. The van der Waals surface area contributed by atoms with Crippen molar-refractivity contribution in [1.29, 1.82) is 0 Å². The molecule has 0 bridgehead atoms. The molecule has 0 unspecified atom stereocenters. The van der Waals surface area contributed by atoms with Gasteiger partial charge in [-0.15, -0.1) is 0 Å². The molecular weight excluding hydrogens is 336 g/mol. The largest absolute Gasteiger partial charge is 0.457 e. The first-order chi connectivity index (χ1) is 12.2. The Balaban J connectivity index is 2.49. The van der Waals surface area contributed by atoms with Crippen molar-refractivity contribution in [1.82, 2.24) is 0 Å². The second-order valence-corrected chi connectivity index (χ2v) is 5.76. The lowest BCUT2D eigenvalue weighted by Crippen LogP contribution is -2.26. The van der Waals surface area contributed by atoms with E-state index in [0.29, 0.717) is 5.75 Å². The number of hydrogen-bond donors (Lipinski definition) is 3. The monoisotopic (exact) mass is 356 g/mol. The molecule has 0 saturated heterocycles. The molecule has 0 amide bonds. The van der Waals surface area contributed by atoms with Gasteiger partial charge in [-0.2, -0.15) is 4.99 Å². The van der Waals surface area contributed by atoms with Crippen molar-refractivity contribution >= 4 is 23.3 Å². The third-order valence-corrected chi connectivity index (χ3v) is 3.57. The number of benzene rings is 2. The van der Waals surface area contributed by atoms with E-state index in [1.54, 1.807) is 0 Å². The standard InChI is InChI=1S/C17H20N6O3/c1-9-4-10(2)11(3)15(5-9)26-14-7-12(6-13(8-14)23(24)25)21-17(20)22-16(18)19/h4-8H,1-3H3,(H6,18,19,20,21,22). The number of nitrogens with two attached hydrogens (primary N) is 3. The van der Waals surface area contributed by atoms with Crippen molar-refractivity contribution < 1.29 is 9.66 Å². The highest BCUT2D eigenvalue weighted by atomic mass is 16.6. The SMILES string of the molecule is Cc1cc(C)c(C)c(Oc2cc(N=C(N)N=C(N)N)cc([N+](=O)[O-])c2)c1. The minimum absolute atomic E-state index is 0.193. The highest BCUT2D eigenvalue weighted by Gasteiger charge is 2.13. The number of ether oxygens (including phenoxy) is 1. The van der Waals surface area contributed by atoms with Crippen molar-refractivity contribution in [2.75, 3.05) is 0 Å². The summed E-state index contributed by atoms with van der Waals surface area (Å²) in [4.78, 5) is 18.2. The number of nitrogens with zero attached hydrogens (tertiary/aromatic N) is 3. The number of aryl methyl sites for hydroxylation is 2. The third kappa shape index (κ3) is 4.69. The predicted octanol–water partition coefficient (Wildman–Crippen LogP) is 2.53. The van der Waals surface area contributed by atoms with Gasteiger partial charge in [0.1, 0.15) is 11.5 Å². The first-order valence-corrected chi connectivity index (χ1v) is 7.64. The number of hydrogen-bond acceptors (Lipinski definition) is 4. The van der Waals surface area contributed by atoms with Crippen molar-refractivity contribution in [3.05, 3.63) is 57.1 Å². The van der Waals surface area contributed by atoms with Crippen LogP contribution in [0.4, 0.5) is 11.4 Å². The number of guanidine groups is 2. The minimum atomic E-state index is -0.545. The van der Waals surface area contributed by atoms with E-state index in [0.717, 1.165) is 16.7 Å². The lowest BCUT2D eigenvalue weighted by Gasteiger charge is -2.12. The summed E-state index contributed by atoms with van der Waals surface area (Å²) >= 11 is 0. The van der Waals surface area contributed by atoms with Crippen LogP contribution < -0.4 is 21.9 Å². The van der Waals surface area contributed by atoms with E-state index in [2.05, 4.69) is 9.98 Å². The maximum Gasteiger partial charge on any atom is 0.275 e. The van der Waals surface area contributed by atoms with Gasteiger partial charge in [-0.3, -0.25) is 10.1 Å². The fourth-order valence-corrected chi connectivity index (χ4v) is 2.32. The normalized spacial score (nSPS) is 11.1. The summed E-state index contributed by atoms with van der Waals surface area (Å²) in [7, 11) is 0. The molecule has 2 aromatic carbocycles. The maximum absolute atomic E-state index is 11.2. The van der Waals surface area contributed by atoms with E-state index in [1.165, 1.54) is 18.2 Å². The number of aliphatic imine (C=N–C) groups is 2. The van der Waals surface area contributed by atoms with Crippen LogP contribution in [0.5, 0.6) is 11.5 Å². The van der Waals surface area contributed by atoms with Gasteiger partial charge in [0.25, 0.3) is 5.69 Å². The van der Waals surface area contributed by atoms with E-state index >= 15 is 0 Å². The Morgan fingerprint density at radius 1 is 1.08 bits per heavy atom. The molecule has 0 saturated carbocycles. The molecule has 0 aromatic heterocycles. The highest BCUT2D eigenvalue weighted by molar-refractivity contribution is 5.93. The average molecular weight is 356 g/mol. The molecule has 0 aliphatic heterocycles. The Labute approximate surface area is 150 Å². The zero-order chi connectivity index (χ0) is 19.4. The summed E-state index contributed by atoms with van der Waals surface area (Å²) in [6.45, 7) is 5.82. The summed E-state index contributed by atoms with van der Waals surface area (Å²) in [5.74, 6) is 0.372. The van der Waals surface area contributed by atoms with Crippen LogP contribution >= 0.6 is 0 Å². The molecule has 2 aromatic rings. The van der Waals surface area contributed by atoms with Crippen LogP contribution in [0.15, 0.2) is 40.3 Å². The molecule has 26 heavy (non-hydrogen) atoms. The zero-order valence-electron chi connectivity index (χ0n) is 14.7. The first-order valence-electron chi connectivity index (χ1n) is 7.64. The number of nitro groups is 1. The minimum Gasteiger partial charge on any atom is -0.457 e. The highest BCUT2D eigenvalue weighted by Crippen LogP contribution is 2.33. The number of rotatable bonds is 4. The lowest BCUT2D eigenvalue weighted by atomic mass is 10.1. The van der Waals surface area contributed by atoms with Crippen molar-refractivity contribution in [2.45, 2.75) is 20.8 Å². The van der Waals surface area contributed by atoms with Crippen LogP contribution in [-0.2, 0) is 0 Å². The van der Waals surface area contributed by atoms with Crippen LogP contribution in [0, 0.1) is 30.9 Å². The molecule has 9 heteroatoms. The molecule has 2 rings (SSSR count). The molecule has 9 nitrogen and oxygen atoms in total. The topological polar surface area (TPSA) is 155 Å². The maximum atomic E-state index is 11.2. The molecular formula is C17H20N6O3. The Bertz CT molecular complexity index is 917. The van der Waals surface area contributed by atoms with Gasteiger partial charge in [0.2, 0.25) is 5.96 Å². The number of nitro benzene ring substituents is 1. The zero-order valence-corrected chi connectivity index (χ0v) is 14.7. The van der Waals surface area contributed by atoms with Crippen LogP contribution in [0.25, 0.3) is 0 Å². The van der Waals surface area contributed by atoms with Gasteiger partial charge in [-0.1, -0.05) is 6.07 Å². The Hall–Kier alpha value is -3.62. The van der Waals surface area contributed by atoms with E-state index < -0.39 is 4.92 Å². The number of non-ortho nitro benzene ring substituents is 1. The molecule has 136 valence electrons. The molecule has 0 aliphatic rings. The lowest BCUT2D eigenvalue weighted by molar-refractivity contribution is -0.384. The Kier molecular flexibility index (Phi) is 5.41. The second kappa shape index (κ2) is 7.51. The van der Waals surface area contributed by atoms with E-state index in [-0.39, 0.29) is 29.0 Å². The smallest absolute Gasteiger partial charge is 0.275 e. The Morgan fingerprint density at radius 3 is 2.38 bits per heavy atom. The van der Waals surface area contributed by atoms with Gasteiger partial charge < -0.3 is 21.9 Å². The van der Waals surface area contributed by atoms with E-state index in [1.807, 2.05) is 32.9 Å². The summed E-state index contributed by atoms with van der Waals surface area (Å²) < 4.78 is 5.87.